The number of aromatic nitrogens is 2. The van der Waals surface area contributed by atoms with Gasteiger partial charge in [0.1, 0.15) is 6.10 Å². The summed E-state index contributed by atoms with van der Waals surface area (Å²) in [5.41, 5.74) is 0.490. The molecule has 0 bridgehead atoms. The largest absolute Gasteiger partial charge is 0.473 e. The Bertz CT molecular complexity index is 706. The number of amides is 1. The van der Waals surface area contributed by atoms with Gasteiger partial charge in [-0.1, -0.05) is 27.5 Å². The molecule has 1 aliphatic rings. The SMILES string of the molecule is O=C(NC1CCC(Oc2cnccn2)CC1)c1cc(Br)ccc1Cl. The Kier molecular flexibility index (Phi) is 5.68. The summed E-state index contributed by atoms with van der Waals surface area (Å²) in [6.45, 7) is 0. The fourth-order valence-corrected chi connectivity index (χ4v) is 3.34. The number of carbonyl (C=O) groups is 1. The lowest BCUT2D eigenvalue weighted by Gasteiger charge is -2.29. The highest BCUT2D eigenvalue weighted by atomic mass is 79.9. The first-order chi connectivity index (χ1) is 11.6. The van der Waals surface area contributed by atoms with Gasteiger partial charge in [-0.15, -0.1) is 0 Å². The molecule has 1 saturated carbocycles. The summed E-state index contributed by atoms with van der Waals surface area (Å²) in [4.78, 5) is 20.5. The quantitative estimate of drug-likeness (QED) is 0.827. The standard InChI is InChI=1S/C17H17BrClN3O2/c18-11-1-6-15(19)14(9-11)17(23)22-12-2-4-13(5-3-12)24-16-10-20-7-8-21-16/h1,6-10,12-13H,2-5H2,(H,22,23). The molecule has 1 heterocycles. The highest BCUT2D eigenvalue weighted by Gasteiger charge is 2.24. The average molecular weight is 411 g/mol. The third-order valence-electron chi connectivity index (χ3n) is 4.01. The predicted molar refractivity (Wildman–Crippen MR) is 95.3 cm³/mol. The van der Waals surface area contributed by atoms with Crippen molar-refractivity contribution in [3.8, 4) is 5.88 Å². The van der Waals surface area contributed by atoms with Gasteiger partial charge in [-0.2, -0.15) is 0 Å². The van der Waals surface area contributed by atoms with Crippen molar-refractivity contribution in [3.05, 3.63) is 51.8 Å². The molecular formula is C17H17BrClN3O2. The number of nitrogens with one attached hydrogen (secondary N) is 1. The first kappa shape index (κ1) is 17.2. The summed E-state index contributed by atoms with van der Waals surface area (Å²) >= 11 is 9.47. The van der Waals surface area contributed by atoms with E-state index in [0.29, 0.717) is 16.5 Å². The van der Waals surface area contributed by atoms with Gasteiger partial charge in [-0.05, 0) is 43.9 Å². The number of rotatable bonds is 4. The molecule has 1 aromatic heterocycles. The first-order valence-corrected chi connectivity index (χ1v) is 8.97. The van der Waals surface area contributed by atoms with Crippen LogP contribution in [-0.2, 0) is 0 Å². The lowest BCUT2D eigenvalue weighted by molar-refractivity contribution is 0.0890. The molecule has 7 heteroatoms. The molecule has 0 spiro atoms. The maximum atomic E-state index is 12.4. The zero-order valence-electron chi connectivity index (χ0n) is 12.9. The molecule has 1 amide bonds. The van der Waals surface area contributed by atoms with Crippen molar-refractivity contribution in [2.24, 2.45) is 0 Å². The fourth-order valence-electron chi connectivity index (χ4n) is 2.78. The van der Waals surface area contributed by atoms with Crippen LogP contribution in [0, 0.1) is 0 Å². The smallest absolute Gasteiger partial charge is 0.253 e. The van der Waals surface area contributed by atoms with Crippen molar-refractivity contribution in [1.82, 2.24) is 15.3 Å². The van der Waals surface area contributed by atoms with E-state index in [1.54, 1.807) is 30.7 Å². The molecule has 24 heavy (non-hydrogen) atoms. The van der Waals surface area contributed by atoms with Crippen molar-refractivity contribution in [3.63, 3.8) is 0 Å². The van der Waals surface area contributed by atoms with E-state index in [4.69, 9.17) is 16.3 Å². The van der Waals surface area contributed by atoms with Crippen molar-refractivity contribution in [2.75, 3.05) is 0 Å². The highest BCUT2D eigenvalue weighted by Crippen LogP contribution is 2.24. The van der Waals surface area contributed by atoms with E-state index >= 15 is 0 Å². The molecule has 0 unspecified atom stereocenters. The zero-order valence-corrected chi connectivity index (χ0v) is 15.3. The van der Waals surface area contributed by atoms with Gasteiger partial charge in [0, 0.05) is 22.9 Å². The van der Waals surface area contributed by atoms with Gasteiger partial charge in [0.2, 0.25) is 5.88 Å². The zero-order chi connectivity index (χ0) is 16.9. The van der Waals surface area contributed by atoms with Gasteiger partial charge in [0.15, 0.2) is 0 Å². The normalized spacial score (nSPS) is 20.4. The second-order valence-electron chi connectivity index (χ2n) is 5.73. The number of hydrogen-bond donors (Lipinski definition) is 1. The highest BCUT2D eigenvalue weighted by molar-refractivity contribution is 9.10. The van der Waals surface area contributed by atoms with E-state index in [1.165, 1.54) is 0 Å². The second-order valence-corrected chi connectivity index (χ2v) is 7.06. The van der Waals surface area contributed by atoms with Crippen molar-refractivity contribution >= 4 is 33.4 Å². The van der Waals surface area contributed by atoms with Crippen LogP contribution in [0.3, 0.4) is 0 Å². The average Bonchev–Trinajstić information content (AvgIpc) is 2.59. The minimum atomic E-state index is -0.139. The molecule has 1 aliphatic carbocycles. The summed E-state index contributed by atoms with van der Waals surface area (Å²) in [5.74, 6) is 0.408. The van der Waals surface area contributed by atoms with E-state index in [0.717, 1.165) is 30.2 Å². The number of hydrogen-bond acceptors (Lipinski definition) is 4. The molecule has 1 fully saturated rings. The summed E-state index contributed by atoms with van der Waals surface area (Å²) in [5, 5.41) is 3.51. The van der Waals surface area contributed by atoms with Crippen LogP contribution in [0.5, 0.6) is 5.88 Å². The van der Waals surface area contributed by atoms with Crippen LogP contribution in [0.25, 0.3) is 0 Å². The van der Waals surface area contributed by atoms with Crippen LogP contribution < -0.4 is 10.1 Å². The molecule has 1 aromatic carbocycles. The Morgan fingerprint density at radius 1 is 1.25 bits per heavy atom. The lowest BCUT2D eigenvalue weighted by atomic mass is 9.92. The Balaban J connectivity index is 1.52. The fraction of sp³-hybridized carbons (Fsp3) is 0.353. The molecule has 0 aliphatic heterocycles. The molecule has 3 rings (SSSR count). The summed E-state index contributed by atoms with van der Waals surface area (Å²) in [7, 11) is 0. The van der Waals surface area contributed by atoms with Gasteiger partial charge in [-0.3, -0.25) is 9.78 Å². The van der Waals surface area contributed by atoms with Gasteiger partial charge in [0.25, 0.3) is 5.91 Å². The number of nitrogens with zero attached hydrogens (tertiary/aromatic N) is 2. The number of halogens is 2. The number of benzene rings is 1. The Labute approximate surface area is 153 Å². The van der Waals surface area contributed by atoms with E-state index in [1.807, 2.05) is 6.07 Å². The van der Waals surface area contributed by atoms with E-state index in [-0.39, 0.29) is 18.1 Å². The second kappa shape index (κ2) is 7.94. The Morgan fingerprint density at radius 3 is 2.75 bits per heavy atom. The number of carbonyl (C=O) groups excluding carboxylic acids is 1. The van der Waals surface area contributed by atoms with Crippen LogP contribution in [-0.4, -0.2) is 28.0 Å². The van der Waals surface area contributed by atoms with E-state index < -0.39 is 0 Å². The molecule has 0 saturated heterocycles. The third-order valence-corrected chi connectivity index (χ3v) is 4.83. The topological polar surface area (TPSA) is 64.1 Å². The van der Waals surface area contributed by atoms with Crippen molar-refractivity contribution < 1.29 is 9.53 Å². The van der Waals surface area contributed by atoms with Crippen LogP contribution in [0.4, 0.5) is 0 Å². The van der Waals surface area contributed by atoms with Gasteiger partial charge >= 0.3 is 0 Å². The van der Waals surface area contributed by atoms with Crippen molar-refractivity contribution in [2.45, 2.75) is 37.8 Å². The minimum absolute atomic E-state index is 0.115. The Hall–Kier alpha value is -1.66. The molecule has 1 N–H and O–H groups in total. The summed E-state index contributed by atoms with van der Waals surface area (Å²) < 4.78 is 6.65. The van der Waals surface area contributed by atoms with Crippen LogP contribution in [0.1, 0.15) is 36.0 Å². The minimum Gasteiger partial charge on any atom is -0.473 e. The Morgan fingerprint density at radius 2 is 2.04 bits per heavy atom. The maximum Gasteiger partial charge on any atom is 0.253 e. The van der Waals surface area contributed by atoms with Crippen LogP contribution in [0.15, 0.2) is 41.3 Å². The van der Waals surface area contributed by atoms with E-state index in [2.05, 4.69) is 31.2 Å². The summed E-state index contributed by atoms with van der Waals surface area (Å²) in [6.07, 6.45) is 8.43. The van der Waals surface area contributed by atoms with Crippen molar-refractivity contribution in [1.29, 1.82) is 0 Å². The maximum absolute atomic E-state index is 12.4. The van der Waals surface area contributed by atoms with Gasteiger partial charge < -0.3 is 10.1 Å². The molecule has 2 aromatic rings. The molecule has 126 valence electrons. The molecule has 5 nitrogen and oxygen atoms in total. The predicted octanol–water partition coefficient (Wildman–Crippen LogP) is 4.01. The lowest BCUT2D eigenvalue weighted by Crippen LogP contribution is -2.39. The van der Waals surface area contributed by atoms with Crippen LogP contribution in [0.2, 0.25) is 5.02 Å². The molecular weight excluding hydrogens is 394 g/mol. The van der Waals surface area contributed by atoms with E-state index in [9.17, 15) is 4.79 Å². The summed E-state index contributed by atoms with van der Waals surface area (Å²) in [6, 6.07) is 5.40. The number of ether oxygens (including phenoxy) is 1. The van der Waals surface area contributed by atoms with Gasteiger partial charge in [0.05, 0.1) is 16.8 Å². The van der Waals surface area contributed by atoms with Gasteiger partial charge in [-0.25, -0.2) is 4.98 Å². The third kappa shape index (κ3) is 4.45. The molecule has 0 radical (unpaired) electrons. The monoisotopic (exact) mass is 409 g/mol. The van der Waals surface area contributed by atoms with Crippen LogP contribution >= 0.6 is 27.5 Å². The first-order valence-electron chi connectivity index (χ1n) is 7.80. The molecule has 0 atom stereocenters.